The Hall–Kier alpha value is -1.92. The standard InChI is InChI=1S/C24H32BrNO4/c1-23(2,3)14-24(4,5)26-12-17-9-18(25)22(21(11-17)27-6)28-13-16-7-8-19-20(10-16)30-15-29-19/h7-11,26H,12-15H2,1-6H3. The molecule has 3 rings (SSSR count). The fraction of sp³-hybridized carbons (Fsp3) is 0.500. The van der Waals surface area contributed by atoms with E-state index in [1.165, 1.54) is 0 Å². The van der Waals surface area contributed by atoms with Crippen molar-refractivity contribution in [1.82, 2.24) is 5.32 Å². The SMILES string of the molecule is COc1cc(CNC(C)(C)CC(C)(C)C)cc(Br)c1OCc1ccc2c(c1)OCO2. The topological polar surface area (TPSA) is 49.0 Å². The molecule has 1 N–H and O–H groups in total. The first kappa shape index (κ1) is 22.8. The molecule has 5 nitrogen and oxygen atoms in total. The summed E-state index contributed by atoms with van der Waals surface area (Å²) in [5, 5.41) is 3.67. The molecule has 1 aliphatic rings. The summed E-state index contributed by atoms with van der Waals surface area (Å²) in [7, 11) is 1.66. The van der Waals surface area contributed by atoms with E-state index in [4.69, 9.17) is 18.9 Å². The van der Waals surface area contributed by atoms with E-state index in [2.05, 4.69) is 61.9 Å². The van der Waals surface area contributed by atoms with Crippen LogP contribution in [-0.2, 0) is 13.2 Å². The van der Waals surface area contributed by atoms with Gasteiger partial charge in [-0.15, -0.1) is 0 Å². The Morgan fingerprint density at radius 1 is 1.00 bits per heavy atom. The number of benzene rings is 2. The molecule has 0 spiro atoms. The van der Waals surface area contributed by atoms with Gasteiger partial charge < -0.3 is 24.3 Å². The van der Waals surface area contributed by atoms with Crippen molar-refractivity contribution in [3.63, 3.8) is 0 Å². The molecule has 164 valence electrons. The summed E-state index contributed by atoms with van der Waals surface area (Å²) >= 11 is 3.65. The highest BCUT2D eigenvalue weighted by molar-refractivity contribution is 9.10. The third kappa shape index (κ3) is 6.05. The van der Waals surface area contributed by atoms with E-state index in [1.807, 2.05) is 24.3 Å². The van der Waals surface area contributed by atoms with Crippen LogP contribution in [-0.4, -0.2) is 19.4 Å². The summed E-state index contributed by atoms with van der Waals surface area (Å²) in [5.41, 5.74) is 2.44. The lowest BCUT2D eigenvalue weighted by atomic mass is 9.82. The van der Waals surface area contributed by atoms with Gasteiger partial charge in [0, 0.05) is 12.1 Å². The number of halogens is 1. The molecule has 0 saturated carbocycles. The van der Waals surface area contributed by atoms with Crippen molar-refractivity contribution in [1.29, 1.82) is 0 Å². The molecular formula is C24H32BrNO4. The van der Waals surface area contributed by atoms with Gasteiger partial charge >= 0.3 is 0 Å². The maximum atomic E-state index is 6.08. The van der Waals surface area contributed by atoms with Gasteiger partial charge in [-0.3, -0.25) is 0 Å². The van der Waals surface area contributed by atoms with Crippen LogP contribution < -0.4 is 24.3 Å². The predicted molar refractivity (Wildman–Crippen MR) is 123 cm³/mol. The maximum Gasteiger partial charge on any atom is 0.231 e. The molecule has 30 heavy (non-hydrogen) atoms. The Labute approximate surface area is 188 Å². The van der Waals surface area contributed by atoms with Crippen LogP contribution >= 0.6 is 15.9 Å². The lowest BCUT2D eigenvalue weighted by Gasteiger charge is -2.33. The number of rotatable bonds is 8. The zero-order chi connectivity index (χ0) is 21.9. The lowest BCUT2D eigenvalue weighted by molar-refractivity contribution is 0.174. The molecule has 2 aromatic carbocycles. The normalized spacial score (nSPS) is 13.4. The van der Waals surface area contributed by atoms with Crippen molar-refractivity contribution >= 4 is 15.9 Å². The molecular weight excluding hydrogens is 446 g/mol. The highest BCUT2D eigenvalue weighted by Crippen LogP contribution is 2.38. The maximum absolute atomic E-state index is 6.08. The summed E-state index contributed by atoms with van der Waals surface area (Å²) in [4.78, 5) is 0. The van der Waals surface area contributed by atoms with Crippen LogP contribution in [0.1, 0.15) is 52.2 Å². The van der Waals surface area contributed by atoms with E-state index < -0.39 is 0 Å². The number of ether oxygens (including phenoxy) is 4. The van der Waals surface area contributed by atoms with Crippen molar-refractivity contribution in [3.05, 3.63) is 45.9 Å². The fourth-order valence-corrected chi connectivity index (χ4v) is 4.54. The van der Waals surface area contributed by atoms with Gasteiger partial charge in [0.05, 0.1) is 11.6 Å². The van der Waals surface area contributed by atoms with Crippen molar-refractivity contribution in [3.8, 4) is 23.0 Å². The van der Waals surface area contributed by atoms with Crippen LogP contribution in [0.3, 0.4) is 0 Å². The first-order valence-corrected chi connectivity index (χ1v) is 11.0. The number of fused-ring (bicyclic) bond motifs is 1. The van der Waals surface area contributed by atoms with E-state index in [9.17, 15) is 0 Å². The van der Waals surface area contributed by atoms with Gasteiger partial charge in [-0.25, -0.2) is 0 Å². The minimum atomic E-state index is 0.0342. The van der Waals surface area contributed by atoms with E-state index in [0.29, 0.717) is 18.1 Å². The Balaban J connectivity index is 1.68. The van der Waals surface area contributed by atoms with Gasteiger partial charge in [-0.05, 0) is 77.0 Å². The average Bonchev–Trinajstić information content (AvgIpc) is 3.11. The van der Waals surface area contributed by atoms with Crippen LogP contribution in [0.25, 0.3) is 0 Å². The summed E-state index contributed by atoms with van der Waals surface area (Å²) in [5.74, 6) is 2.91. The zero-order valence-corrected chi connectivity index (χ0v) is 20.3. The molecule has 2 aromatic rings. The highest BCUT2D eigenvalue weighted by atomic mass is 79.9. The number of methoxy groups -OCH3 is 1. The molecule has 0 aliphatic carbocycles. The second kappa shape index (κ2) is 9.06. The van der Waals surface area contributed by atoms with Crippen molar-refractivity contribution in [2.24, 2.45) is 5.41 Å². The van der Waals surface area contributed by atoms with Crippen LogP contribution in [0.5, 0.6) is 23.0 Å². The Morgan fingerprint density at radius 2 is 1.73 bits per heavy atom. The lowest BCUT2D eigenvalue weighted by Crippen LogP contribution is -2.41. The average molecular weight is 478 g/mol. The summed E-state index contributed by atoms with van der Waals surface area (Å²) < 4.78 is 23.4. The van der Waals surface area contributed by atoms with Crippen molar-refractivity contribution in [2.75, 3.05) is 13.9 Å². The number of hydrogen-bond acceptors (Lipinski definition) is 5. The Kier molecular flexibility index (Phi) is 6.88. The second-order valence-corrected chi connectivity index (χ2v) is 10.4. The van der Waals surface area contributed by atoms with Gasteiger partial charge in [0.1, 0.15) is 6.61 Å². The molecule has 6 heteroatoms. The fourth-order valence-electron chi connectivity index (χ4n) is 3.93. The predicted octanol–water partition coefficient (Wildman–Crippen LogP) is 6.07. The van der Waals surface area contributed by atoms with E-state index in [0.717, 1.165) is 40.1 Å². The van der Waals surface area contributed by atoms with Crippen LogP contribution in [0.4, 0.5) is 0 Å². The molecule has 0 radical (unpaired) electrons. The molecule has 0 amide bonds. The quantitative estimate of drug-likeness (QED) is 0.499. The third-order valence-electron chi connectivity index (χ3n) is 4.85. The molecule has 0 fully saturated rings. The first-order valence-electron chi connectivity index (χ1n) is 10.2. The van der Waals surface area contributed by atoms with Gasteiger partial charge in [0.25, 0.3) is 0 Å². The van der Waals surface area contributed by atoms with Gasteiger partial charge in [-0.2, -0.15) is 0 Å². The summed E-state index contributed by atoms with van der Waals surface area (Å²) in [6.07, 6.45) is 1.08. The number of hydrogen-bond donors (Lipinski definition) is 1. The minimum Gasteiger partial charge on any atom is -0.493 e. The van der Waals surface area contributed by atoms with Crippen LogP contribution in [0.15, 0.2) is 34.8 Å². The molecule has 0 atom stereocenters. The molecule has 1 aliphatic heterocycles. The third-order valence-corrected chi connectivity index (χ3v) is 5.44. The Bertz CT molecular complexity index is 890. The van der Waals surface area contributed by atoms with Gasteiger partial charge in [-0.1, -0.05) is 26.8 Å². The van der Waals surface area contributed by atoms with E-state index in [-0.39, 0.29) is 17.7 Å². The van der Waals surface area contributed by atoms with Crippen LogP contribution in [0, 0.1) is 5.41 Å². The summed E-state index contributed by atoms with van der Waals surface area (Å²) in [6, 6.07) is 9.93. The molecule has 0 bridgehead atoms. The molecule has 1 heterocycles. The van der Waals surface area contributed by atoms with Crippen LogP contribution in [0.2, 0.25) is 0 Å². The molecule has 0 unspecified atom stereocenters. The van der Waals surface area contributed by atoms with Crippen molar-refractivity contribution < 1.29 is 18.9 Å². The van der Waals surface area contributed by atoms with Gasteiger partial charge in [0.15, 0.2) is 23.0 Å². The minimum absolute atomic E-state index is 0.0342. The largest absolute Gasteiger partial charge is 0.493 e. The van der Waals surface area contributed by atoms with Gasteiger partial charge in [0.2, 0.25) is 6.79 Å². The Morgan fingerprint density at radius 3 is 2.43 bits per heavy atom. The smallest absolute Gasteiger partial charge is 0.231 e. The molecule has 0 saturated heterocycles. The van der Waals surface area contributed by atoms with E-state index >= 15 is 0 Å². The van der Waals surface area contributed by atoms with E-state index in [1.54, 1.807) is 7.11 Å². The second-order valence-electron chi connectivity index (χ2n) is 9.56. The zero-order valence-electron chi connectivity index (χ0n) is 18.7. The highest BCUT2D eigenvalue weighted by Gasteiger charge is 2.25. The summed E-state index contributed by atoms with van der Waals surface area (Å²) in [6.45, 7) is 12.7. The first-order chi connectivity index (χ1) is 14.1. The monoisotopic (exact) mass is 477 g/mol. The molecule has 0 aromatic heterocycles. The van der Waals surface area contributed by atoms with Crippen molar-refractivity contribution in [2.45, 2.75) is 59.7 Å². The number of nitrogens with one attached hydrogen (secondary N) is 1.